The fourth-order valence-corrected chi connectivity index (χ4v) is 4.86. The number of aryl methyl sites for hydroxylation is 1. The second-order valence-electron chi connectivity index (χ2n) is 5.98. The number of likely N-dealkylation sites (N-methyl/N-ethyl adjacent to an activating group) is 1. The van der Waals surface area contributed by atoms with Gasteiger partial charge in [-0.25, -0.2) is 8.42 Å². The van der Waals surface area contributed by atoms with E-state index in [9.17, 15) is 13.2 Å². The summed E-state index contributed by atoms with van der Waals surface area (Å²) in [6.45, 7) is 3.45. The highest BCUT2D eigenvalue weighted by Gasteiger charge is 2.31. The van der Waals surface area contributed by atoms with Gasteiger partial charge in [-0.2, -0.15) is 0 Å². The van der Waals surface area contributed by atoms with E-state index >= 15 is 0 Å². The Hall–Kier alpha value is -1.77. The van der Waals surface area contributed by atoms with Gasteiger partial charge >= 0.3 is 0 Å². The predicted octanol–water partition coefficient (Wildman–Crippen LogP) is 3.96. The molecule has 1 aliphatic rings. The van der Waals surface area contributed by atoms with E-state index in [4.69, 9.17) is 16.3 Å². The van der Waals surface area contributed by atoms with Crippen molar-refractivity contribution in [3.05, 3.63) is 45.4 Å². The Morgan fingerprint density at radius 2 is 1.96 bits per heavy atom. The summed E-state index contributed by atoms with van der Waals surface area (Å²) >= 11 is 9.33. The third-order valence-electron chi connectivity index (χ3n) is 4.07. The first-order valence-electron chi connectivity index (χ1n) is 7.67. The zero-order valence-electron chi connectivity index (χ0n) is 14.2. The lowest BCUT2D eigenvalue weighted by Crippen LogP contribution is -2.42. The first-order chi connectivity index (χ1) is 12.1. The van der Waals surface area contributed by atoms with E-state index < -0.39 is 16.1 Å². The van der Waals surface area contributed by atoms with Gasteiger partial charge in [0.1, 0.15) is 10.6 Å². The van der Waals surface area contributed by atoms with Gasteiger partial charge in [-0.1, -0.05) is 17.7 Å². The summed E-state index contributed by atoms with van der Waals surface area (Å²) < 4.78 is 34.0. The number of carbonyl (C=O) groups is 1. The van der Waals surface area contributed by atoms with Crippen molar-refractivity contribution in [1.82, 2.24) is 0 Å². The van der Waals surface area contributed by atoms with Gasteiger partial charge in [0.2, 0.25) is 0 Å². The average molecular weight is 460 g/mol. The molecule has 9 heteroatoms. The molecule has 1 aliphatic heterocycles. The minimum absolute atomic E-state index is 0.00268. The number of hydrogen-bond acceptors (Lipinski definition) is 4. The van der Waals surface area contributed by atoms with Crippen molar-refractivity contribution in [1.29, 1.82) is 0 Å². The molecule has 1 N–H and O–H groups in total. The molecule has 26 heavy (non-hydrogen) atoms. The Morgan fingerprint density at radius 3 is 2.62 bits per heavy atom. The van der Waals surface area contributed by atoms with Crippen molar-refractivity contribution in [2.24, 2.45) is 0 Å². The van der Waals surface area contributed by atoms with Crippen molar-refractivity contribution >= 4 is 54.8 Å². The smallest absolute Gasteiger partial charge is 0.267 e. The highest BCUT2D eigenvalue weighted by Crippen LogP contribution is 2.39. The number of ether oxygens (including phenoxy) is 1. The lowest BCUT2D eigenvalue weighted by atomic mass is 10.2. The van der Waals surface area contributed by atoms with Crippen LogP contribution >= 0.6 is 27.5 Å². The first kappa shape index (κ1) is 19.0. The Labute approximate surface area is 165 Å². The summed E-state index contributed by atoms with van der Waals surface area (Å²) in [4.78, 5) is 13.5. The number of halogens is 2. The van der Waals surface area contributed by atoms with Gasteiger partial charge in [0.25, 0.3) is 15.9 Å². The van der Waals surface area contributed by atoms with Crippen molar-refractivity contribution in [3.63, 3.8) is 0 Å². The molecule has 1 unspecified atom stereocenters. The molecule has 0 saturated carbocycles. The van der Waals surface area contributed by atoms with E-state index in [1.54, 1.807) is 38.2 Å². The van der Waals surface area contributed by atoms with E-state index in [2.05, 4.69) is 20.7 Å². The molecule has 0 spiro atoms. The molecule has 0 aliphatic carbocycles. The summed E-state index contributed by atoms with van der Waals surface area (Å²) in [6.07, 6.45) is -0.687. The second-order valence-corrected chi connectivity index (χ2v) is 8.89. The van der Waals surface area contributed by atoms with Gasteiger partial charge in [0.15, 0.2) is 6.10 Å². The number of carbonyl (C=O) groups excluding carboxylic acids is 1. The average Bonchev–Trinajstić information content (AvgIpc) is 2.56. The number of anilines is 2. The predicted molar refractivity (Wildman–Crippen MR) is 105 cm³/mol. The Balaban J connectivity index is 2.02. The van der Waals surface area contributed by atoms with Gasteiger partial charge < -0.3 is 9.64 Å². The third-order valence-corrected chi connectivity index (χ3v) is 6.82. The van der Waals surface area contributed by atoms with Gasteiger partial charge in [-0.05, 0) is 53.5 Å². The monoisotopic (exact) mass is 458 g/mol. The molecular weight excluding hydrogens is 444 g/mol. The summed E-state index contributed by atoms with van der Waals surface area (Å²) in [6, 6.07) is 7.86. The molecule has 6 nitrogen and oxygen atoms in total. The van der Waals surface area contributed by atoms with Crippen LogP contribution in [-0.2, 0) is 14.8 Å². The zero-order chi connectivity index (χ0) is 19.2. The molecule has 0 bridgehead atoms. The SMILES string of the molecule is Cc1ccc(NS(=O)(=O)c2cc3c(cc2Br)N(C)C(=O)C(C)O3)cc1Cl. The number of amides is 1. The summed E-state index contributed by atoms with van der Waals surface area (Å²) in [5.41, 5.74) is 1.70. The number of nitrogens with one attached hydrogen (secondary N) is 1. The largest absolute Gasteiger partial charge is 0.479 e. The molecule has 3 rings (SSSR count). The lowest BCUT2D eigenvalue weighted by molar-refractivity contribution is -0.125. The van der Waals surface area contributed by atoms with E-state index in [0.717, 1.165) is 5.56 Å². The van der Waals surface area contributed by atoms with Crippen LogP contribution in [0.3, 0.4) is 0 Å². The molecular formula is C17H16BrClN2O4S. The van der Waals surface area contributed by atoms with Crippen LogP contribution in [0.2, 0.25) is 5.02 Å². The van der Waals surface area contributed by atoms with Crippen LogP contribution in [-0.4, -0.2) is 27.5 Å². The molecule has 1 atom stereocenters. The van der Waals surface area contributed by atoms with Gasteiger partial charge in [0.05, 0.1) is 11.4 Å². The van der Waals surface area contributed by atoms with Crippen molar-refractivity contribution < 1.29 is 17.9 Å². The maximum atomic E-state index is 12.8. The molecule has 0 aromatic heterocycles. The van der Waals surface area contributed by atoms with Crippen LogP contribution in [0.1, 0.15) is 12.5 Å². The molecule has 2 aromatic carbocycles. The topological polar surface area (TPSA) is 75.7 Å². The molecule has 0 fully saturated rings. The maximum Gasteiger partial charge on any atom is 0.267 e. The van der Waals surface area contributed by atoms with Gasteiger partial charge in [-0.15, -0.1) is 0 Å². The zero-order valence-corrected chi connectivity index (χ0v) is 17.4. The minimum Gasteiger partial charge on any atom is -0.479 e. The van der Waals surface area contributed by atoms with E-state index in [0.29, 0.717) is 26.6 Å². The minimum atomic E-state index is -3.89. The summed E-state index contributed by atoms with van der Waals surface area (Å²) in [5, 5.41) is 0.465. The quantitative estimate of drug-likeness (QED) is 0.754. The second kappa shape index (κ2) is 6.75. The lowest BCUT2D eigenvalue weighted by Gasteiger charge is -2.30. The molecule has 0 radical (unpaired) electrons. The molecule has 2 aromatic rings. The highest BCUT2D eigenvalue weighted by molar-refractivity contribution is 9.10. The number of sulfonamides is 1. The molecule has 0 saturated heterocycles. The van der Waals surface area contributed by atoms with Crippen molar-refractivity contribution in [3.8, 4) is 5.75 Å². The number of nitrogens with zero attached hydrogens (tertiary/aromatic N) is 1. The summed E-state index contributed by atoms with van der Waals surface area (Å²) in [7, 11) is -2.28. The Kier molecular flexibility index (Phi) is 4.94. The Bertz CT molecular complexity index is 1010. The number of hydrogen-bond donors (Lipinski definition) is 1. The van der Waals surface area contributed by atoms with E-state index in [1.165, 1.54) is 11.0 Å². The fraction of sp³-hybridized carbons (Fsp3) is 0.235. The van der Waals surface area contributed by atoms with Crippen LogP contribution in [0.25, 0.3) is 0 Å². The van der Waals surface area contributed by atoms with E-state index in [-0.39, 0.29) is 10.8 Å². The number of benzene rings is 2. The standard InChI is InChI=1S/C17H16BrClN2O4S/c1-9-4-5-11(6-13(9)19)20-26(23,24)16-8-15-14(7-12(16)18)21(3)17(22)10(2)25-15/h4-8,10,20H,1-3H3. The normalized spacial score (nSPS) is 16.9. The number of rotatable bonds is 3. The van der Waals surface area contributed by atoms with Crippen LogP contribution in [0.5, 0.6) is 5.75 Å². The molecule has 1 heterocycles. The fourth-order valence-electron chi connectivity index (χ4n) is 2.59. The van der Waals surface area contributed by atoms with Gasteiger partial charge in [-0.3, -0.25) is 9.52 Å². The van der Waals surface area contributed by atoms with Crippen molar-refractivity contribution in [2.75, 3.05) is 16.7 Å². The first-order valence-corrected chi connectivity index (χ1v) is 10.3. The van der Waals surface area contributed by atoms with Crippen LogP contribution < -0.4 is 14.4 Å². The maximum absolute atomic E-state index is 12.8. The number of fused-ring (bicyclic) bond motifs is 1. The van der Waals surface area contributed by atoms with Crippen LogP contribution in [0, 0.1) is 6.92 Å². The summed E-state index contributed by atoms with van der Waals surface area (Å²) in [5.74, 6) is 0.123. The van der Waals surface area contributed by atoms with Crippen LogP contribution in [0.15, 0.2) is 39.7 Å². The molecule has 138 valence electrons. The highest BCUT2D eigenvalue weighted by atomic mass is 79.9. The van der Waals surface area contributed by atoms with Crippen molar-refractivity contribution in [2.45, 2.75) is 24.8 Å². The Morgan fingerprint density at radius 1 is 1.27 bits per heavy atom. The molecule has 1 amide bonds. The van der Waals surface area contributed by atoms with Gasteiger partial charge in [0, 0.05) is 22.6 Å². The third kappa shape index (κ3) is 3.41. The van der Waals surface area contributed by atoms with E-state index in [1.807, 2.05) is 6.92 Å². The van der Waals surface area contributed by atoms with Crippen LogP contribution in [0.4, 0.5) is 11.4 Å².